The van der Waals surface area contributed by atoms with Gasteiger partial charge in [-0.3, -0.25) is 4.79 Å². The van der Waals surface area contributed by atoms with Crippen LogP contribution in [-0.2, 0) is 12.8 Å². The molecule has 0 saturated heterocycles. The van der Waals surface area contributed by atoms with Crippen LogP contribution in [-0.4, -0.2) is 11.9 Å². The van der Waals surface area contributed by atoms with Gasteiger partial charge in [-0.25, -0.2) is 0 Å². The van der Waals surface area contributed by atoms with Gasteiger partial charge in [-0.05, 0) is 31.2 Å². The molecule has 4 heteroatoms. The van der Waals surface area contributed by atoms with Crippen LogP contribution in [0.2, 0.25) is 0 Å². The number of nitrogens with one attached hydrogen (secondary N) is 1. The summed E-state index contributed by atoms with van der Waals surface area (Å²) in [5.74, 6) is 0.0319. The minimum atomic E-state index is 0.0319. The van der Waals surface area contributed by atoms with E-state index < -0.39 is 0 Å². The zero-order valence-electron chi connectivity index (χ0n) is 10.5. The highest BCUT2D eigenvalue weighted by atomic mass is 32.1. The Hall–Kier alpha value is -1.03. The topological polar surface area (TPSA) is 55.1 Å². The summed E-state index contributed by atoms with van der Waals surface area (Å²) in [4.78, 5) is 13.4. The van der Waals surface area contributed by atoms with E-state index in [-0.39, 0.29) is 5.91 Å². The maximum Gasteiger partial charge on any atom is 0.254 e. The zero-order chi connectivity index (χ0) is 12.4. The molecular formula is C13H20N2OS. The van der Waals surface area contributed by atoms with Crippen LogP contribution in [0, 0.1) is 0 Å². The van der Waals surface area contributed by atoms with Gasteiger partial charge in [-0.1, -0.05) is 20.3 Å². The second kappa shape index (κ2) is 5.08. The van der Waals surface area contributed by atoms with Crippen molar-refractivity contribution in [2.24, 2.45) is 0 Å². The molecule has 0 aliphatic heterocycles. The number of hydrogen-bond acceptors (Lipinski definition) is 3. The number of thiophene rings is 1. The van der Waals surface area contributed by atoms with Crippen molar-refractivity contribution in [3.63, 3.8) is 0 Å². The molecule has 2 rings (SSSR count). The Balaban J connectivity index is 2.28. The maximum absolute atomic E-state index is 12.2. The quantitative estimate of drug-likeness (QED) is 0.846. The van der Waals surface area contributed by atoms with Crippen LogP contribution in [0.5, 0.6) is 0 Å². The monoisotopic (exact) mass is 252 g/mol. The molecule has 0 radical (unpaired) electrons. The number of anilines is 1. The van der Waals surface area contributed by atoms with Gasteiger partial charge in [0.05, 0.1) is 10.6 Å². The third kappa shape index (κ3) is 2.63. The average Bonchev–Trinajstić information content (AvgIpc) is 3.03. The minimum absolute atomic E-state index is 0.0319. The lowest BCUT2D eigenvalue weighted by molar-refractivity contribution is 0.0951. The Kier molecular flexibility index (Phi) is 3.72. The number of nitrogen functional groups attached to an aromatic ring is 1. The van der Waals surface area contributed by atoms with Crippen LogP contribution in [0.1, 0.15) is 53.9 Å². The van der Waals surface area contributed by atoms with Crippen LogP contribution in [0.4, 0.5) is 5.00 Å². The summed E-state index contributed by atoms with van der Waals surface area (Å²) in [6.07, 6.45) is 5.18. The van der Waals surface area contributed by atoms with Gasteiger partial charge in [0.2, 0.25) is 0 Å². The summed E-state index contributed by atoms with van der Waals surface area (Å²) in [5, 5.41) is 3.72. The molecular weight excluding hydrogens is 232 g/mol. The van der Waals surface area contributed by atoms with Crippen LogP contribution in [0.15, 0.2) is 0 Å². The van der Waals surface area contributed by atoms with Gasteiger partial charge in [0.1, 0.15) is 0 Å². The number of carbonyl (C=O) groups is 1. The minimum Gasteiger partial charge on any atom is -0.390 e. The molecule has 17 heavy (non-hydrogen) atoms. The third-order valence-electron chi connectivity index (χ3n) is 3.08. The summed E-state index contributed by atoms with van der Waals surface area (Å²) >= 11 is 1.57. The molecule has 1 aliphatic rings. The lowest BCUT2D eigenvalue weighted by Gasteiger charge is -2.07. The van der Waals surface area contributed by atoms with E-state index in [1.807, 2.05) is 0 Å². The Labute approximate surface area is 106 Å². The predicted molar refractivity (Wildman–Crippen MR) is 72.6 cm³/mol. The molecule has 0 unspecified atom stereocenters. The van der Waals surface area contributed by atoms with Crippen LogP contribution in [0.3, 0.4) is 0 Å². The van der Waals surface area contributed by atoms with Crippen molar-refractivity contribution < 1.29 is 4.79 Å². The molecule has 1 amide bonds. The number of aryl methyl sites for hydroxylation is 1. The maximum atomic E-state index is 12.2. The van der Waals surface area contributed by atoms with Gasteiger partial charge in [-0.15, -0.1) is 11.3 Å². The molecule has 3 N–H and O–H groups in total. The molecule has 0 aromatic carbocycles. The number of carbonyl (C=O) groups excluding carboxylic acids is 1. The van der Waals surface area contributed by atoms with Crippen LogP contribution < -0.4 is 11.1 Å². The molecule has 1 fully saturated rings. The first-order valence-electron chi connectivity index (χ1n) is 6.38. The van der Waals surface area contributed by atoms with Crippen molar-refractivity contribution in [1.82, 2.24) is 5.32 Å². The Morgan fingerprint density at radius 1 is 1.47 bits per heavy atom. The number of hydrogen-bond donors (Lipinski definition) is 2. The SMILES string of the molecule is CCCc1c(CC)sc(N)c1C(=O)NC1CC1. The second-order valence-electron chi connectivity index (χ2n) is 4.59. The highest BCUT2D eigenvalue weighted by Crippen LogP contribution is 2.33. The van der Waals surface area contributed by atoms with Crippen molar-refractivity contribution in [2.45, 2.75) is 52.0 Å². The lowest BCUT2D eigenvalue weighted by Crippen LogP contribution is -2.26. The molecule has 1 aliphatic carbocycles. The van der Waals surface area contributed by atoms with E-state index in [1.165, 1.54) is 10.4 Å². The first-order valence-corrected chi connectivity index (χ1v) is 7.19. The number of rotatable bonds is 5. The van der Waals surface area contributed by atoms with E-state index in [9.17, 15) is 4.79 Å². The number of nitrogens with two attached hydrogens (primary N) is 1. The van der Waals surface area contributed by atoms with Crippen molar-refractivity contribution in [1.29, 1.82) is 0 Å². The molecule has 1 heterocycles. The fraction of sp³-hybridized carbons (Fsp3) is 0.615. The molecule has 3 nitrogen and oxygen atoms in total. The standard InChI is InChI=1S/C13H20N2OS/c1-3-5-9-10(4-2)17-12(14)11(9)13(16)15-8-6-7-8/h8H,3-7,14H2,1-2H3,(H,15,16). The zero-order valence-corrected chi connectivity index (χ0v) is 11.3. The van der Waals surface area contributed by atoms with Gasteiger partial charge >= 0.3 is 0 Å². The van der Waals surface area contributed by atoms with E-state index in [2.05, 4.69) is 19.2 Å². The van der Waals surface area contributed by atoms with Gasteiger partial charge < -0.3 is 11.1 Å². The average molecular weight is 252 g/mol. The van der Waals surface area contributed by atoms with Crippen LogP contribution in [0.25, 0.3) is 0 Å². The molecule has 0 spiro atoms. The van der Waals surface area contributed by atoms with Gasteiger partial charge in [0.25, 0.3) is 5.91 Å². The normalized spacial score (nSPS) is 14.9. The smallest absolute Gasteiger partial charge is 0.254 e. The van der Waals surface area contributed by atoms with Gasteiger partial charge in [0.15, 0.2) is 0 Å². The van der Waals surface area contributed by atoms with E-state index in [0.717, 1.165) is 37.7 Å². The van der Waals surface area contributed by atoms with Gasteiger partial charge in [0, 0.05) is 10.9 Å². The van der Waals surface area contributed by atoms with Crippen LogP contribution >= 0.6 is 11.3 Å². The Bertz CT molecular complexity index is 421. The summed E-state index contributed by atoms with van der Waals surface area (Å²) in [7, 11) is 0. The van der Waals surface area contributed by atoms with E-state index in [0.29, 0.717) is 11.0 Å². The predicted octanol–water partition coefficient (Wildman–Crippen LogP) is 2.74. The fourth-order valence-electron chi connectivity index (χ4n) is 2.07. The Morgan fingerprint density at radius 2 is 2.18 bits per heavy atom. The fourth-order valence-corrected chi connectivity index (χ4v) is 3.12. The molecule has 94 valence electrons. The summed E-state index contributed by atoms with van der Waals surface area (Å²) in [6, 6.07) is 0.390. The third-order valence-corrected chi connectivity index (χ3v) is 4.28. The molecule has 1 aromatic rings. The first kappa shape index (κ1) is 12.4. The summed E-state index contributed by atoms with van der Waals surface area (Å²) < 4.78 is 0. The van der Waals surface area contributed by atoms with Crippen molar-refractivity contribution >= 4 is 22.2 Å². The molecule has 0 atom stereocenters. The van der Waals surface area contributed by atoms with Crippen molar-refractivity contribution in [3.05, 3.63) is 16.0 Å². The molecule has 1 aromatic heterocycles. The summed E-state index contributed by atoms with van der Waals surface area (Å²) in [5.41, 5.74) is 7.93. The largest absolute Gasteiger partial charge is 0.390 e. The van der Waals surface area contributed by atoms with Crippen molar-refractivity contribution in [2.75, 3.05) is 5.73 Å². The van der Waals surface area contributed by atoms with E-state index in [1.54, 1.807) is 11.3 Å². The Morgan fingerprint density at radius 3 is 2.71 bits per heavy atom. The van der Waals surface area contributed by atoms with E-state index >= 15 is 0 Å². The lowest BCUT2D eigenvalue weighted by atomic mass is 10.0. The molecule has 0 bridgehead atoms. The molecule has 1 saturated carbocycles. The highest BCUT2D eigenvalue weighted by Gasteiger charge is 2.27. The first-order chi connectivity index (χ1) is 8.17. The number of amides is 1. The van der Waals surface area contributed by atoms with E-state index in [4.69, 9.17) is 5.73 Å². The summed E-state index contributed by atoms with van der Waals surface area (Å²) in [6.45, 7) is 4.25. The highest BCUT2D eigenvalue weighted by molar-refractivity contribution is 7.16. The second-order valence-corrected chi connectivity index (χ2v) is 5.73. The van der Waals surface area contributed by atoms with Crippen molar-refractivity contribution in [3.8, 4) is 0 Å². The van der Waals surface area contributed by atoms with Gasteiger partial charge in [-0.2, -0.15) is 0 Å².